The molecule has 1 unspecified atom stereocenters. The number of hydrogen-bond acceptors (Lipinski definition) is 5. The summed E-state index contributed by atoms with van der Waals surface area (Å²) in [6.45, 7) is 4.08. The Morgan fingerprint density at radius 3 is 3.00 bits per heavy atom. The van der Waals surface area contributed by atoms with Gasteiger partial charge in [0, 0.05) is 6.42 Å². The summed E-state index contributed by atoms with van der Waals surface area (Å²) in [6.07, 6.45) is 4.48. The quantitative estimate of drug-likeness (QED) is 0.821. The van der Waals surface area contributed by atoms with Crippen LogP contribution >= 0.6 is 11.8 Å². The van der Waals surface area contributed by atoms with E-state index in [4.69, 9.17) is 4.52 Å². The second-order valence-corrected chi connectivity index (χ2v) is 6.53. The van der Waals surface area contributed by atoms with Crippen LogP contribution in [0.25, 0.3) is 0 Å². The zero-order valence-corrected chi connectivity index (χ0v) is 11.8. The van der Waals surface area contributed by atoms with Crippen molar-refractivity contribution in [2.75, 3.05) is 5.75 Å². The third-order valence-corrected chi connectivity index (χ3v) is 4.31. The first-order valence-corrected chi connectivity index (χ1v) is 7.66. The van der Waals surface area contributed by atoms with Gasteiger partial charge in [-0.25, -0.2) is 0 Å². The Balaban J connectivity index is 1.91. The molecule has 2 rings (SSSR count). The lowest BCUT2D eigenvalue weighted by Gasteiger charge is -2.17. The van der Waals surface area contributed by atoms with Crippen molar-refractivity contribution < 1.29 is 9.32 Å². The van der Waals surface area contributed by atoms with Crippen molar-refractivity contribution in [2.45, 2.75) is 51.2 Å². The Morgan fingerprint density at radius 1 is 1.50 bits per heavy atom. The van der Waals surface area contributed by atoms with Gasteiger partial charge in [-0.1, -0.05) is 25.4 Å². The van der Waals surface area contributed by atoms with E-state index in [1.807, 2.05) is 25.6 Å². The molecule has 0 spiro atoms. The molecule has 0 aromatic carbocycles. The molecule has 4 nitrogen and oxygen atoms in total. The predicted octanol–water partition coefficient (Wildman–Crippen LogP) is 3.19. The van der Waals surface area contributed by atoms with Gasteiger partial charge >= 0.3 is 0 Å². The minimum Gasteiger partial charge on any atom is -0.339 e. The highest BCUT2D eigenvalue weighted by Gasteiger charge is 2.22. The predicted molar refractivity (Wildman–Crippen MR) is 71.5 cm³/mol. The molecule has 5 heteroatoms. The maximum absolute atomic E-state index is 11.7. The van der Waals surface area contributed by atoms with Crippen LogP contribution in [-0.2, 0) is 11.2 Å². The molecule has 1 aliphatic heterocycles. The van der Waals surface area contributed by atoms with Crippen LogP contribution in [0.1, 0.15) is 56.5 Å². The summed E-state index contributed by atoms with van der Waals surface area (Å²) < 4.78 is 5.17. The fourth-order valence-electron chi connectivity index (χ4n) is 2.11. The molecule has 1 fully saturated rings. The summed E-state index contributed by atoms with van der Waals surface area (Å²) in [5.74, 6) is 2.97. The Hall–Kier alpha value is -0.840. The van der Waals surface area contributed by atoms with E-state index < -0.39 is 0 Å². The van der Waals surface area contributed by atoms with Gasteiger partial charge in [0.2, 0.25) is 5.89 Å². The molecule has 100 valence electrons. The summed E-state index contributed by atoms with van der Waals surface area (Å²) in [5, 5.41) is 4.37. The highest BCUT2D eigenvalue weighted by molar-refractivity contribution is 7.99. The van der Waals surface area contributed by atoms with Crippen LogP contribution in [0, 0.1) is 5.92 Å². The number of thioether (sulfide) groups is 1. The average molecular weight is 268 g/mol. The van der Waals surface area contributed by atoms with Gasteiger partial charge in [-0.15, -0.1) is 0 Å². The van der Waals surface area contributed by atoms with Gasteiger partial charge in [0.25, 0.3) is 0 Å². The normalized spacial score (nSPS) is 20.3. The van der Waals surface area contributed by atoms with Crippen molar-refractivity contribution in [3.05, 3.63) is 11.7 Å². The lowest BCUT2D eigenvalue weighted by molar-refractivity contribution is -0.119. The van der Waals surface area contributed by atoms with Crippen LogP contribution in [0.2, 0.25) is 0 Å². The van der Waals surface area contributed by atoms with E-state index in [0.717, 1.165) is 12.2 Å². The highest BCUT2D eigenvalue weighted by Crippen LogP contribution is 2.36. The molecule has 18 heavy (non-hydrogen) atoms. The second kappa shape index (κ2) is 6.36. The first kappa shape index (κ1) is 13.6. The van der Waals surface area contributed by atoms with Gasteiger partial charge in [-0.3, -0.25) is 4.79 Å². The average Bonchev–Trinajstić information content (AvgIpc) is 2.77. The highest BCUT2D eigenvalue weighted by atomic mass is 32.2. The Kier molecular flexibility index (Phi) is 4.80. The van der Waals surface area contributed by atoms with Crippen LogP contribution in [0.3, 0.4) is 0 Å². The molecule has 0 saturated carbocycles. The van der Waals surface area contributed by atoms with E-state index in [1.165, 1.54) is 18.6 Å². The maximum Gasteiger partial charge on any atom is 0.234 e. The lowest BCUT2D eigenvalue weighted by Crippen LogP contribution is -2.07. The van der Waals surface area contributed by atoms with Gasteiger partial charge in [-0.2, -0.15) is 16.7 Å². The molecule has 1 atom stereocenters. The second-order valence-electron chi connectivity index (χ2n) is 5.21. The Bertz CT molecular complexity index is 397. The lowest BCUT2D eigenvalue weighted by atomic mass is 10.1. The summed E-state index contributed by atoms with van der Waals surface area (Å²) in [5.41, 5.74) is 0. The number of nitrogens with zero attached hydrogens (tertiary/aromatic N) is 2. The third-order valence-electron chi connectivity index (χ3n) is 2.94. The van der Waals surface area contributed by atoms with E-state index >= 15 is 0 Å². The van der Waals surface area contributed by atoms with Crippen molar-refractivity contribution in [3.63, 3.8) is 0 Å². The molecule has 1 aromatic heterocycles. The van der Waals surface area contributed by atoms with E-state index in [-0.39, 0.29) is 12.2 Å². The molecule has 0 radical (unpaired) electrons. The van der Waals surface area contributed by atoms with E-state index in [2.05, 4.69) is 10.1 Å². The van der Waals surface area contributed by atoms with Crippen LogP contribution in [-0.4, -0.2) is 21.7 Å². The SMILES string of the molecule is CC(C)CC(=O)Cc1nc(C2CCCCS2)no1. The number of hydrogen-bond donors (Lipinski definition) is 0. The fraction of sp³-hybridized carbons (Fsp3) is 0.769. The molecule has 0 amide bonds. The van der Waals surface area contributed by atoms with Gasteiger partial charge in [-0.05, 0) is 24.5 Å². The Morgan fingerprint density at radius 2 is 2.33 bits per heavy atom. The third kappa shape index (κ3) is 3.83. The minimum absolute atomic E-state index is 0.177. The van der Waals surface area contributed by atoms with Crippen molar-refractivity contribution in [1.29, 1.82) is 0 Å². The zero-order chi connectivity index (χ0) is 13.0. The minimum atomic E-state index is 0.177. The number of carbonyl (C=O) groups excluding carboxylic acids is 1. The maximum atomic E-state index is 11.7. The summed E-state index contributed by atoms with van der Waals surface area (Å²) in [7, 11) is 0. The zero-order valence-electron chi connectivity index (χ0n) is 11.0. The van der Waals surface area contributed by atoms with E-state index in [0.29, 0.717) is 23.5 Å². The molecular weight excluding hydrogens is 248 g/mol. The molecular formula is C13H20N2O2S. The largest absolute Gasteiger partial charge is 0.339 e. The smallest absolute Gasteiger partial charge is 0.234 e. The number of ketones is 1. The number of carbonyl (C=O) groups is 1. The fourth-order valence-corrected chi connectivity index (χ4v) is 3.34. The van der Waals surface area contributed by atoms with Crippen molar-refractivity contribution in [3.8, 4) is 0 Å². The number of rotatable bonds is 5. The number of aromatic nitrogens is 2. The standard InChI is InChI=1S/C13H20N2O2S/c1-9(2)7-10(16)8-12-14-13(15-17-12)11-5-3-4-6-18-11/h9,11H,3-8H2,1-2H3. The molecule has 2 heterocycles. The van der Waals surface area contributed by atoms with Crippen molar-refractivity contribution in [1.82, 2.24) is 10.1 Å². The van der Waals surface area contributed by atoms with Crippen LogP contribution in [0.15, 0.2) is 4.52 Å². The van der Waals surface area contributed by atoms with Gasteiger partial charge < -0.3 is 4.52 Å². The summed E-state index contributed by atoms with van der Waals surface area (Å²) in [4.78, 5) is 16.0. The molecule has 1 aromatic rings. The van der Waals surface area contributed by atoms with Crippen LogP contribution in [0.4, 0.5) is 0 Å². The van der Waals surface area contributed by atoms with E-state index in [1.54, 1.807) is 0 Å². The summed E-state index contributed by atoms with van der Waals surface area (Å²) in [6, 6.07) is 0. The van der Waals surface area contributed by atoms with Crippen LogP contribution in [0.5, 0.6) is 0 Å². The molecule has 0 aliphatic carbocycles. The molecule has 0 bridgehead atoms. The first-order valence-electron chi connectivity index (χ1n) is 6.61. The Labute approximate surface area is 112 Å². The molecule has 1 saturated heterocycles. The summed E-state index contributed by atoms with van der Waals surface area (Å²) >= 11 is 1.89. The van der Waals surface area contributed by atoms with Gasteiger partial charge in [0.1, 0.15) is 5.78 Å². The first-order chi connectivity index (χ1) is 8.65. The molecule has 0 N–H and O–H groups in total. The monoisotopic (exact) mass is 268 g/mol. The number of Topliss-reactive ketones (excluding diaryl/α,β-unsaturated/α-hetero) is 1. The molecule has 1 aliphatic rings. The van der Waals surface area contributed by atoms with Crippen LogP contribution < -0.4 is 0 Å². The van der Waals surface area contributed by atoms with Gasteiger partial charge in [0.15, 0.2) is 5.82 Å². The van der Waals surface area contributed by atoms with Crippen molar-refractivity contribution >= 4 is 17.5 Å². The topological polar surface area (TPSA) is 56.0 Å². The van der Waals surface area contributed by atoms with E-state index in [9.17, 15) is 4.79 Å². The van der Waals surface area contributed by atoms with Crippen molar-refractivity contribution in [2.24, 2.45) is 5.92 Å². The van der Waals surface area contributed by atoms with Gasteiger partial charge in [0.05, 0.1) is 11.7 Å².